The Kier molecular flexibility index (Phi) is 4.71. The first-order valence-electron chi connectivity index (χ1n) is 7.41. The minimum Gasteiger partial charge on any atom is -0.380 e. The van der Waals surface area contributed by atoms with Gasteiger partial charge in [-0.15, -0.1) is 11.3 Å². The number of alkyl halides is 1. The van der Waals surface area contributed by atoms with Crippen LogP contribution in [0.25, 0.3) is 0 Å². The fourth-order valence-corrected chi connectivity index (χ4v) is 3.99. The predicted octanol–water partition coefficient (Wildman–Crippen LogP) is 2.38. The second-order valence-electron chi connectivity index (χ2n) is 5.95. The number of rotatable bonds is 5. The lowest BCUT2D eigenvalue weighted by molar-refractivity contribution is 0.131. The van der Waals surface area contributed by atoms with Crippen molar-refractivity contribution >= 4 is 11.3 Å². The molecule has 2 aliphatic rings. The van der Waals surface area contributed by atoms with E-state index in [2.05, 4.69) is 34.4 Å². The van der Waals surface area contributed by atoms with Gasteiger partial charge in [0.25, 0.3) is 0 Å². The van der Waals surface area contributed by atoms with Crippen molar-refractivity contribution in [2.75, 3.05) is 33.4 Å². The Bertz CT molecular complexity index is 408. The summed E-state index contributed by atoms with van der Waals surface area (Å²) in [5, 5.41) is 2.09. The van der Waals surface area contributed by atoms with Crippen LogP contribution >= 0.6 is 11.3 Å². The van der Waals surface area contributed by atoms with Crippen molar-refractivity contribution < 1.29 is 9.13 Å². The highest BCUT2D eigenvalue weighted by Crippen LogP contribution is 2.25. The summed E-state index contributed by atoms with van der Waals surface area (Å²) < 4.78 is 19.2. The molecule has 2 aliphatic heterocycles. The molecule has 5 heteroatoms. The monoisotopic (exact) mass is 298 g/mol. The van der Waals surface area contributed by atoms with Crippen molar-refractivity contribution in [2.24, 2.45) is 0 Å². The summed E-state index contributed by atoms with van der Waals surface area (Å²) in [6.07, 6.45) is 1.10. The molecule has 0 bridgehead atoms. The lowest BCUT2D eigenvalue weighted by atomic mass is 10.1. The molecule has 0 aromatic carbocycles. The molecule has 2 fully saturated rings. The Balaban J connectivity index is 1.58. The molecule has 0 spiro atoms. The quantitative estimate of drug-likeness (QED) is 0.830. The molecule has 3 rings (SSSR count). The summed E-state index contributed by atoms with van der Waals surface area (Å²) in [5.74, 6) is 0. The summed E-state index contributed by atoms with van der Waals surface area (Å²) in [5.41, 5.74) is 0. The summed E-state index contributed by atoms with van der Waals surface area (Å²) in [6.45, 7) is 4.10. The van der Waals surface area contributed by atoms with E-state index in [0.29, 0.717) is 25.0 Å². The average Bonchev–Trinajstić information content (AvgIpc) is 3.13. The van der Waals surface area contributed by atoms with Gasteiger partial charge in [-0.3, -0.25) is 9.80 Å². The number of hydrogen-bond donors (Lipinski definition) is 0. The highest BCUT2D eigenvalue weighted by molar-refractivity contribution is 7.09. The molecule has 0 aliphatic carbocycles. The zero-order valence-electron chi connectivity index (χ0n) is 12.0. The molecule has 112 valence electrons. The number of thiophene rings is 1. The maximum atomic E-state index is 13.8. The maximum Gasteiger partial charge on any atom is 0.114 e. The predicted molar refractivity (Wildman–Crippen MR) is 79.9 cm³/mol. The van der Waals surface area contributed by atoms with E-state index in [1.807, 2.05) is 0 Å². The molecule has 1 aromatic rings. The molecule has 3 atom stereocenters. The van der Waals surface area contributed by atoms with Crippen molar-refractivity contribution in [1.82, 2.24) is 9.80 Å². The van der Waals surface area contributed by atoms with Crippen LogP contribution in [0.1, 0.15) is 17.7 Å². The van der Waals surface area contributed by atoms with Gasteiger partial charge in [-0.2, -0.15) is 0 Å². The number of likely N-dealkylation sites (N-methyl/N-ethyl adjacent to an activating group) is 1. The molecule has 3 nitrogen and oxygen atoms in total. The van der Waals surface area contributed by atoms with Gasteiger partial charge in [-0.05, 0) is 31.3 Å². The Morgan fingerprint density at radius 3 is 3.15 bits per heavy atom. The first kappa shape index (κ1) is 14.4. The van der Waals surface area contributed by atoms with Crippen LogP contribution < -0.4 is 0 Å². The SMILES string of the molecule is CN(C[C@@H]1C[C@H](F)CN1Cc1cccs1)[C@@H]1CCOC1. The van der Waals surface area contributed by atoms with E-state index in [1.54, 1.807) is 11.3 Å². The number of nitrogens with zero attached hydrogens (tertiary/aromatic N) is 2. The van der Waals surface area contributed by atoms with E-state index >= 15 is 0 Å². The second kappa shape index (κ2) is 6.52. The van der Waals surface area contributed by atoms with Crippen LogP contribution in [0.4, 0.5) is 4.39 Å². The highest BCUT2D eigenvalue weighted by atomic mass is 32.1. The molecule has 0 unspecified atom stereocenters. The van der Waals surface area contributed by atoms with Crippen molar-refractivity contribution in [3.05, 3.63) is 22.4 Å². The van der Waals surface area contributed by atoms with Crippen LogP contribution in [-0.4, -0.2) is 61.4 Å². The lowest BCUT2D eigenvalue weighted by Gasteiger charge is -2.30. The standard InChI is InChI=1S/C15H23FN2OS/c1-17(13-4-5-19-11-13)9-14-7-12(16)8-18(14)10-15-3-2-6-20-15/h2-3,6,12-14H,4-5,7-11H2,1H3/t12-,13+,14-/m0/s1. The number of likely N-dealkylation sites (tertiary alicyclic amines) is 1. The van der Waals surface area contributed by atoms with Crippen LogP contribution in [0, 0.1) is 0 Å². The van der Waals surface area contributed by atoms with Crippen molar-refractivity contribution in [1.29, 1.82) is 0 Å². The molecule has 0 amide bonds. The second-order valence-corrected chi connectivity index (χ2v) is 6.98. The van der Waals surface area contributed by atoms with Gasteiger partial charge in [-0.25, -0.2) is 4.39 Å². The fraction of sp³-hybridized carbons (Fsp3) is 0.733. The van der Waals surface area contributed by atoms with Gasteiger partial charge in [-0.1, -0.05) is 6.07 Å². The molecule has 2 saturated heterocycles. The number of hydrogen-bond acceptors (Lipinski definition) is 4. The molecule has 0 N–H and O–H groups in total. The van der Waals surface area contributed by atoms with Crippen molar-refractivity contribution in [2.45, 2.75) is 37.6 Å². The number of halogens is 1. The first-order valence-corrected chi connectivity index (χ1v) is 8.29. The zero-order chi connectivity index (χ0) is 13.9. The Morgan fingerprint density at radius 1 is 1.55 bits per heavy atom. The largest absolute Gasteiger partial charge is 0.380 e. The van der Waals surface area contributed by atoms with Gasteiger partial charge >= 0.3 is 0 Å². The Morgan fingerprint density at radius 2 is 2.45 bits per heavy atom. The minimum atomic E-state index is -0.673. The van der Waals surface area contributed by atoms with Crippen LogP contribution in [0.3, 0.4) is 0 Å². The average molecular weight is 298 g/mol. The molecule has 0 radical (unpaired) electrons. The summed E-state index contributed by atoms with van der Waals surface area (Å²) >= 11 is 1.76. The van der Waals surface area contributed by atoms with E-state index in [4.69, 9.17) is 4.74 Å². The zero-order valence-corrected chi connectivity index (χ0v) is 12.8. The number of ether oxygens (including phenoxy) is 1. The summed E-state index contributed by atoms with van der Waals surface area (Å²) in [6, 6.07) is 5.05. The topological polar surface area (TPSA) is 15.7 Å². The summed E-state index contributed by atoms with van der Waals surface area (Å²) in [7, 11) is 2.15. The van der Waals surface area contributed by atoms with Crippen LogP contribution in [0.15, 0.2) is 17.5 Å². The maximum absolute atomic E-state index is 13.8. The molecule has 20 heavy (non-hydrogen) atoms. The Labute approximate surface area is 124 Å². The molecule has 0 saturated carbocycles. The van der Waals surface area contributed by atoms with E-state index < -0.39 is 6.17 Å². The fourth-order valence-electron chi connectivity index (χ4n) is 3.26. The third-order valence-corrected chi connectivity index (χ3v) is 5.30. The lowest BCUT2D eigenvalue weighted by Crippen LogP contribution is -2.42. The molecule has 1 aromatic heterocycles. The summed E-state index contributed by atoms with van der Waals surface area (Å²) in [4.78, 5) is 6.00. The normalized spacial score (nSPS) is 31.4. The third-order valence-electron chi connectivity index (χ3n) is 4.44. The van der Waals surface area contributed by atoms with E-state index in [1.165, 1.54) is 4.88 Å². The molecule has 3 heterocycles. The van der Waals surface area contributed by atoms with E-state index in [9.17, 15) is 4.39 Å². The van der Waals surface area contributed by atoms with E-state index in [0.717, 1.165) is 32.7 Å². The minimum absolute atomic E-state index is 0.331. The van der Waals surface area contributed by atoms with Gasteiger partial charge in [0.05, 0.1) is 6.61 Å². The first-order chi connectivity index (χ1) is 9.72. The van der Waals surface area contributed by atoms with Gasteiger partial charge in [0.1, 0.15) is 6.17 Å². The Hall–Kier alpha value is -0.490. The van der Waals surface area contributed by atoms with Gasteiger partial charge in [0.2, 0.25) is 0 Å². The third kappa shape index (κ3) is 3.39. The van der Waals surface area contributed by atoms with Crippen molar-refractivity contribution in [3.8, 4) is 0 Å². The smallest absolute Gasteiger partial charge is 0.114 e. The van der Waals surface area contributed by atoms with Gasteiger partial charge in [0, 0.05) is 43.2 Å². The van der Waals surface area contributed by atoms with Crippen LogP contribution in [0.2, 0.25) is 0 Å². The highest BCUT2D eigenvalue weighted by Gasteiger charge is 2.34. The molecular formula is C15H23FN2OS. The van der Waals surface area contributed by atoms with Crippen molar-refractivity contribution in [3.63, 3.8) is 0 Å². The molecular weight excluding hydrogens is 275 g/mol. The van der Waals surface area contributed by atoms with Crippen LogP contribution in [-0.2, 0) is 11.3 Å². The van der Waals surface area contributed by atoms with Gasteiger partial charge < -0.3 is 4.74 Å². The van der Waals surface area contributed by atoms with E-state index in [-0.39, 0.29) is 0 Å². The van der Waals surface area contributed by atoms with Crippen LogP contribution in [0.5, 0.6) is 0 Å². The van der Waals surface area contributed by atoms with Gasteiger partial charge in [0.15, 0.2) is 0 Å².